The molecule has 1 aliphatic carbocycles. The molecule has 0 bridgehead atoms. The Morgan fingerprint density at radius 3 is 2.68 bits per heavy atom. The molecule has 1 aliphatic rings. The van der Waals surface area contributed by atoms with Crippen molar-refractivity contribution in [1.29, 1.82) is 0 Å². The van der Waals surface area contributed by atoms with Gasteiger partial charge in [-0.05, 0) is 68.5 Å². The van der Waals surface area contributed by atoms with Crippen molar-refractivity contribution >= 4 is 39.8 Å². The molecule has 1 saturated carbocycles. The molecule has 3 aromatic rings. The standard InChI is InChI=1S/C26H27ClFN3OS2/c1-15-6-7-18(13-22(15)28)25(34-19-8-9-19)31(11-5-10-29)26-30-24(17(3)33-26)20-12-16(2)23(32-4)14-21(20)27/h6-7,12-14,19,25H,8-9,11,29H2,1-4H3. The highest BCUT2D eigenvalue weighted by Gasteiger charge is 2.32. The first-order chi connectivity index (χ1) is 16.3. The van der Waals surface area contributed by atoms with Gasteiger partial charge in [-0.3, -0.25) is 0 Å². The van der Waals surface area contributed by atoms with Crippen molar-refractivity contribution in [3.8, 4) is 29.0 Å². The SMILES string of the molecule is COc1cc(Cl)c(-c2nc(N(CC#CN)C(SC3CC3)c3ccc(C)c(F)c3)sc2C)cc1C. The number of thiazole rings is 1. The molecule has 1 heterocycles. The van der Waals surface area contributed by atoms with Gasteiger partial charge in [-0.2, -0.15) is 0 Å². The number of hydrogen-bond acceptors (Lipinski definition) is 6. The van der Waals surface area contributed by atoms with E-state index < -0.39 is 0 Å². The predicted molar refractivity (Wildman–Crippen MR) is 142 cm³/mol. The lowest BCUT2D eigenvalue weighted by molar-refractivity contribution is 0.412. The van der Waals surface area contributed by atoms with Gasteiger partial charge in [-0.1, -0.05) is 29.7 Å². The smallest absolute Gasteiger partial charge is 0.188 e. The van der Waals surface area contributed by atoms with E-state index in [2.05, 4.69) is 16.9 Å². The third kappa shape index (κ3) is 5.30. The summed E-state index contributed by atoms with van der Waals surface area (Å²) in [6, 6.07) is 11.8. The molecule has 4 nitrogen and oxygen atoms in total. The van der Waals surface area contributed by atoms with Crippen LogP contribution in [0.3, 0.4) is 0 Å². The topological polar surface area (TPSA) is 51.4 Å². The van der Waals surface area contributed by atoms with Crippen LogP contribution < -0.4 is 15.4 Å². The number of halogens is 2. The summed E-state index contributed by atoms with van der Waals surface area (Å²) in [6.45, 7) is 6.18. The van der Waals surface area contributed by atoms with Gasteiger partial charge in [0.05, 0.1) is 24.4 Å². The molecule has 2 aromatic carbocycles. The van der Waals surface area contributed by atoms with E-state index in [1.165, 1.54) is 0 Å². The summed E-state index contributed by atoms with van der Waals surface area (Å²) in [6.07, 6.45) is 2.32. The largest absolute Gasteiger partial charge is 0.496 e. The minimum Gasteiger partial charge on any atom is -0.496 e. The molecule has 0 amide bonds. The minimum atomic E-state index is -0.208. The maximum Gasteiger partial charge on any atom is 0.188 e. The van der Waals surface area contributed by atoms with E-state index in [1.807, 2.05) is 49.9 Å². The van der Waals surface area contributed by atoms with Crippen LogP contribution in [0.1, 0.15) is 39.8 Å². The normalized spacial score (nSPS) is 13.8. The van der Waals surface area contributed by atoms with Gasteiger partial charge in [0.1, 0.15) is 16.9 Å². The third-order valence-electron chi connectivity index (χ3n) is 5.73. The molecule has 2 N–H and O–H groups in total. The van der Waals surface area contributed by atoms with Gasteiger partial charge in [0, 0.05) is 21.7 Å². The monoisotopic (exact) mass is 515 g/mol. The summed E-state index contributed by atoms with van der Waals surface area (Å²) in [4.78, 5) is 8.17. The van der Waals surface area contributed by atoms with Crippen LogP contribution in [0.25, 0.3) is 11.3 Å². The van der Waals surface area contributed by atoms with E-state index in [4.69, 9.17) is 27.1 Å². The first-order valence-corrected chi connectivity index (χ1v) is 13.1. The Hall–Kier alpha value is -2.40. The lowest BCUT2D eigenvalue weighted by atomic mass is 10.1. The molecule has 0 spiro atoms. The quantitative estimate of drug-likeness (QED) is 0.202. The lowest BCUT2D eigenvalue weighted by Gasteiger charge is -2.30. The zero-order chi connectivity index (χ0) is 24.4. The van der Waals surface area contributed by atoms with Gasteiger partial charge >= 0.3 is 0 Å². The van der Waals surface area contributed by atoms with Crippen LogP contribution in [0.2, 0.25) is 5.02 Å². The number of aryl methyl sites for hydroxylation is 3. The van der Waals surface area contributed by atoms with Crippen LogP contribution in [0.15, 0.2) is 30.3 Å². The zero-order valence-corrected chi connectivity index (χ0v) is 22.0. The van der Waals surface area contributed by atoms with Gasteiger partial charge < -0.3 is 15.4 Å². The number of hydrogen-bond donors (Lipinski definition) is 1. The van der Waals surface area contributed by atoms with Gasteiger partial charge in [0.15, 0.2) is 5.13 Å². The summed E-state index contributed by atoms with van der Waals surface area (Å²) in [7, 11) is 1.63. The summed E-state index contributed by atoms with van der Waals surface area (Å²) in [5, 5.41) is 1.80. The highest BCUT2D eigenvalue weighted by atomic mass is 35.5. The first kappa shape index (κ1) is 24.7. The van der Waals surface area contributed by atoms with Crippen LogP contribution in [0, 0.1) is 38.6 Å². The molecule has 1 atom stereocenters. The van der Waals surface area contributed by atoms with E-state index in [0.29, 0.717) is 22.4 Å². The number of anilines is 1. The molecule has 0 saturated heterocycles. The Morgan fingerprint density at radius 1 is 1.26 bits per heavy atom. The number of nitrogens with zero attached hydrogens (tertiary/aromatic N) is 2. The molecule has 1 aromatic heterocycles. The Labute approximate surface area is 213 Å². The average molecular weight is 516 g/mol. The van der Waals surface area contributed by atoms with Gasteiger partial charge in [-0.25, -0.2) is 9.37 Å². The van der Waals surface area contributed by atoms with E-state index in [-0.39, 0.29) is 11.2 Å². The fourth-order valence-corrected chi connectivity index (χ4v) is 6.34. The number of thioether (sulfide) groups is 1. The summed E-state index contributed by atoms with van der Waals surface area (Å²) in [5.74, 6) is 3.52. The second kappa shape index (κ2) is 10.5. The molecule has 178 valence electrons. The molecule has 1 unspecified atom stereocenters. The molecule has 8 heteroatoms. The first-order valence-electron chi connectivity index (χ1n) is 11.0. The van der Waals surface area contributed by atoms with Crippen molar-refractivity contribution in [3.05, 3.63) is 62.7 Å². The van der Waals surface area contributed by atoms with Crippen molar-refractivity contribution in [2.75, 3.05) is 18.6 Å². The van der Waals surface area contributed by atoms with E-state index in [9.17, 15) is 4.39 Å². The molecule has 0 aliphatic heterocycles. The van der Waals surface area contributed by atoms with Gasteiger partial charge in [0.2, 0.25) is 0 Å². The summed E-state index contributed by atoms with van der Waals surface area (Å²) in [5.41, 5.74) is 9.73. The lowest BCUT2D eigenvalue weighted by Crippen LogP contribution is -2.28. The summed E-state index contributed by atoms with van der Waals surface area (Å²) < 4.78 is 19.9. The third-order valence-corrected chi connectivity index (χ3v) is 8.69. The van der Waals surface area contributed by atoms with Crippen LogP contribution in [-0.4, -0.2) is 23.9 Å². The van der Waals surface area contributed by atoms with Gasteiger partial charge in [0.25, 0.3) is 0 Å². The molecule has 4 rings (SSSR count). The molecular weight excluding hydrogens is 489 g/mol. The summed E-state index contributed by atoms with van der Waals surface area (Å²) >= 11 is 10.0. The molecular formula is C26H27ClFN3OS2. The van der Waals surface area contributed by atoms with E-state index in [1.54, 1.807) is 31.4 Å². The van der Waals surface area contributed by atoms with E-state index >= 15 is 0 Å². The van der Waals surface area contributed by atoms with Crippen LogP contribution in [0.5, 0.6) is 5.75 Å². The number of rotatable bonds is 8. The Morgan fingerprint density at radius 2 is 2.03 bits per heavy atom. The van der Waals surface area contributed by atoms with Crippen LogP contribution in [-0.2, 0) is 0 Å². The predicted octanol–water partition coefficient (Wildman–Crippen LogP) is 6.86. The van der Waals surface area contributed by atoms with E-state index in [0.717, 1.165) is 51.0 Å². The number of nitrogens with two attached hydrogens (primary N) is 1. The number of benzene rings is 2. The maximum absolute atomic E-state index is 14.5. The number of aromatic nitrogens is 1. The maximum atomic E-state index is 14.5. The number of ether oxygens (including phenoxy) is 1. The van der Waals surface area contributed by atoms with Crippen molar-refractivity contribution in [1.82, 2.24) is 4.98 Å². The fourth-order valence-electron chi connectivity index (χ4n) is 3.68. The van der Waals surface area contributed by atoms with Crippen LogP contribution in [0.4, 0.5) is 9.52 Å². The van der Waals surface area contributed by atoms with Crippen molar-refractivity contribution in [2.24, 2.45) is 5.73 Å². The van der Waals surface area contributed by atoms with Gasteiger partial charge in [-0.15, -0.1) is 23.1 Å². The molecule has 1 fully saturated rings. The van der Waals surface area contributed by atoms with Crippen molar-refractivity contribution in [2.45, 2.75) is 44.2 Å². The zero-order valence-electron chi connectivity index (χ0n) is 19.6. The molecule has 0 radical (unpaired) electrons. The van der Waals surface area contributed by atoms with Crippen LogP contribution >= 0.6 is 34.7 Å². The highest BCUT2D eigenvalue weighted by molar-refractivity contribution is 8.00. The number of methoxy groups -OCH3 is 1. The second-order valence-electron chi connectivity index (χ2n) is 8.35. The molecule has 34 heavy (non-hydrogen) atoms. The Balaban J connectivity index is 1.78. The fraction of sp³-hybridized carbons (Fsp3) is 0.346. The average Bonchev–Trinajstić information content (AvgIpc) is 3.56. The Bertz CT molecular complexity index is 1260. The Kier molecular flexibility index (Phi) is 7.61. The minimum absolute atomic E-state index is 0.130. The highest BCUT2D eigenvalue weighted by Crippen LogP contribution is 2.48. The van der Waals surface area contributed by atoms with Crippen molar-refractivity contribution in [3.63, 3.8) is 0 Å². The van der Waals surface area contributed by atoms with Crippen molar-refractivity contribution < 1.29 is 9.13 Å². The second-order valence-corrected chi connectivity index (χ2v) is 11.3.